The summed E-state index contributed by atoms with van der Waals surface area (Å²) in [4.78, 5) is 23.0. The third-order valence-electron chi connectivity index (χ3n) is 5.71. The van der Waals surface area contributed by atoms with Crippen molar-refractivity contribution in [1.82, 2.24) is 29.8 Å². The van der Waals surface area contributed by atoms with Gasteiger partial charge in [0, 0.05) is 37.3 Å². The summed E-state index contributed by atoms with van der Waals surface area (Å²) in [5, 5.41) is 7.20. The number of alkyl halides is 3. The second-order valence-electron chi connectivity index (χ2n) is 7.46. The molecule has 1 unspecified atom stereocenters. The Bertz CT molecular complexity index is 1150. The molecule has 3 N–H and O–H groups in total. The lowest BCUT2D eigenvalue weighted by Gasteiger charge is -2.32. The standard InChI is InChI=1S/C19H18F3N7O/c20-19(21,22)13-6-15(29-16(13)17(23)26-9-27-29)10-5-12-14(25-7-10)2-4-28(18(12)30)11-1-3-24-8-11/h5-7,9,11,24H,1-4,8H2,(H2,23,26,27). The summed E-state index contributed by atoms with van der Waals surface area (Å²) in [5.74, 6) is -0.421. The van der Waals surface area contributed by atoms with E-state index in [9.17, 15) is 18.0 Å². The van der Waals surface area contributed by atoms with Gasteiger partial charge in [-0.2, -0.15) is 18.3 Å². The van der Waals surface area contributed by atoms with Crippen molar-refractivity contribution in [2.75, 3.05) is 25.4 Å². The molecule has 11 heteroatoms. The Morgan fingerprint density at radius 3 is 2.80 bits per heavy atom. The number of rotatable bonds is 2. The van der Waals surface area contributed by atoms with Crippen LogP contribution in [-0.4, -0.2) is 56.1 Å². The van der Waals surface area contributed by atoms with Gasteiger partial charge < -0.3 is 16.0 Å². The van der Waals surface area contributed by atoms with Gasteiger partial charge in [0.1, 0.15) is 11.8 Å². The van der Waals surface area contributed by atoms with Crippen molar-refractivity contribution in [3.63, 3.8) is 0 Å². The maximum absolute atomic E-state index is 13.6. The molecular formula is C19H18F3N7O. The van der Waals surface area contributed by atoms with E-state index in [0.717, 1.165) is 36.4 Å². The van der Waals surface area contributed by atoms with Gasteiger partial charge in [-0.05, 0) is 25.1 Å². The molecule has 1 amide bonds. The molecule has 2 aliphatic rings. The highest BCUT2D eigenvalue weighted by atomic mass is 19.4. The third-order valence-corrected chi connectivity index (χ3v) is 5.71. The number of halogens is 3. The second kappa shape index (κ2) is 6.66. The molecule has 3 aromatic heterocycles. The van der Waals surface area contributed by atoms with Crippen molar-refractivity contribution < 1.29 is 18.0 Å². The van der Waals surface area contributed by atoms with Crippen LogP contribution in [0.1, 0.15) is 28.0 Å². The zero-order valence-corrected chi connectivity index (χ0v) is 15.8. The zero-order valence-electron chi connectivity index (χ0n) is 15.8. The van der Waals surface area contributed by atoms with E-state index in [1.807, 2.05) is 4.90 Å². The Hall–Kier alpha value is -3.21. The average Bonchev–Trinajstić information content (AvgIpc) is 3.36. The number of anilines is 1. The summed E-state index contributed by atoms with van der Waals surface area (Å²) in [6.07, 6.45) is -0.582. The first-order valence-corrected chi connectivity index (χ1v) is 9.55. The smallest absolute Gasteiger partial charge is 0.382 e. The Kier molecular flexibility index (Phi) is 4.17. The molecule has 8 nitrogen and oxygen atoms in total. The highest BCUT2D eigenvalue weighted by Crippen LogP contribution is 2.39. The fourth-order valence-corrected chi connectivity index (χ4v) is 4.24. The normalized spacial score (nSPS) is 19.5. The summed E-state index contributed by atoms with van der Waals surface area (Å²) >= 11 is 0. The van der Waals surface area contributed by atoms with Crippen LogP contribution in [0.15, 0.2) is 24.7 Å². The van der Waals surface area contributed by atoms with Gasteiger partial charge in [0.15, 0.2) is 5.82 Å². The number of pyridine rings is 1. The molecule has 0 radical (unpaired) electrons. The first-order valence-electron chi connectivity index (χ1n) is 9.55. The third kappa shape index (κ3) is 2.88. The average molecular weight is 417 g/mol. The van der Waals surface area contributed by atoms with Gasteiger partial charge in [-0.3, -0.25) is 9.78 Å². The molecule has 1 atom stereocenters. The number of nitrogens with one attached hydrogen (secondary N) is 1. The van der Waals surface area contributed by atoms with Gasteiger partial charge in [0.25, 0.3) is 5.91 Å². The van der Waals surface area contributed by atoms with Crippen LogP contribution in [0.3, 0.4) is 0 Å². The highest BCUT2D eigenvalue weighted by molar-refractivity contribution is 5.97. The number of hydrogen-bond acceptors (Lipinski definition) is 6. The molecule has 2 aliphatic heterocycles. The summed E-state index contributed by atoms with van der Waals surface area (Å²) in [6, 6.07) is 2.68. The maximum atomic E-state index is 13.6. The molecule has 0 saturated carbocycles. The number of nitrogens with zero attached hydrogens (tertiary/aromatic N) is 5. The first-order chi connectivity index (χ1) is 14.3. The van der Waals surface area contributed by atoms with Crippen LogP contribution in [0.25, 0.3) is 16.8 Å². The quantitative estimate of drug-likeness (QED) is 0.659. The van der Waals surface area contributed by atoms with Crippen LogP contribution in [0, 0.1) is 0 Å². The lowest BCUT2D eigenvalue weighted by Crippen LogP contribution is -2.45. The number of carbonyl (C=O) groups is 1. The number of hydrogen-bond donors (Lipinski definition) is 2. The van der Waals surface area contributed by atoms with Gasteiger partial charge >= 0.3 is 6.18 Å². The lowest BCUT2D eigenvalue weighted by molar-refractivity contribution is -0.136. The minimum Gasteiger partial charge on any atom is -0.382 e. The Morgan fingerprint density at radius 2 is 2.07 bits per heavy atom. The van der Waals surface area contributed by atoms with Crippen LogP contribution < -0.4 is 11.1 Å². The van der Waals surface area contributed by atoms with Crippen LogP contribution in [0.2, 0.25) is 0 Å². The minimum absolute atomic E-state index is 0.118. The molecule has 156 valence electrons. The van der Waals surface area contributed by atoms with Gasteiger partial charge in [-0.15, -0.1) is 0 Å². The maximum Gasteiger partial charge on any atom is 0.418 e. The van der Waals surface area contributed by atoms with E-state index in [4.69, 9.17) is 5.73 Å². The Balaban J connectivity index is 1.62. The highest BCUT2D eigenvalue weighted by Gasteiger charge is 2.37. The van der Waals surface area contributed by atoms with Crippen LogP contribution in [-0.2, 0) is 12.6 Å². The van der Waals surface area contributed by atoms with Crippen molar-refractivity contribution >= 4 is 17.2 Å². The minimum atomic E-state index is -4.63. The summed E-state index contributed by atoms with van der Waals surface area (Å²) in [7, 11) is 0. The van der Waals surface area contributed by atoms with E-state index in [1.54, 1.807) is 6.07 Å². The van der Waals surface area contributed by atoms with E-state index >= 15 is 0 Å². The molecular weight excluding hydrogens is 399 g/mol. The fourth-order valence-electron chi connectivity index (χ4n) is 4.24. The Morgan fingerprint density at radius 1 is 1.23 bits per heavy atom. The van der Waals surface area contributed by atoms with Gasteiger partial charge in [-0.25, -0.2) is 9.50 Å². The molecule has 0 aromatic carbocycles. The van der Waals surface area contributed by atoms with Crippen molar-refractivity contribution in [3.05, 3.63) is 41.5 Å². The first kappa shape index (κ1) is 18.8. The molecule has 0 aliphatic carbocycles. The number of aromatic nitrogens is 4. The van der Waals surface area contributed by atoms with Crippen molar-refractivity contribution in [2.24, 2.45) is 0 Å². The fraction of sp³-hybridized carbons (Fsp3) is 0.368. The molecule has 5 rings (SSSR count). The predicted octanol–water partition coefficient (Wildman–Crippen LogP) is 1.75. The van der Waals surface area contributed by atoms with E-state index < -0.39 is 11.7 Å². The number of nitrogen functional groups attached to an aromatic ring is 1. The molecule has 30 heavy (non-hydrogen) atoms. The van der Waals surface area contributed by atoms with Gasteiger partial charge in [-0.1, -0.05) is 0 Å². The Labute approximate surface area is 168 Å². The SMILES string of the molecule is Nc1ncnn2c(-c3cnc4c(c3)C(=O)N(C3CCNC3)CC4)cc(C(F)(F)F)c12. The molecule has 0 spiro atoms. The van der Waals surface area contributed by atoms with E-state index in [1.165, 1.54) is 6.20 Å². The van der Waals surface area contributed by atoms with Crippen LogP contribution >= 0.6 is 0 Å². The van der Waals surface area contributed by atoms with Crippen molar-refractivity contribution in [3.8, 4) is 11.3 Å². The largest absolute Gasteiger partial charge is 0.418 e. The van der Waals surface area contributed by atoms with Gasteiger partial charge in [0.2, 0.25) is 0 Å². The molecule has 1 fully saturated rings. The summed E-state index contributed by atoms with van der Waals surface area (Å²) < 4.78 is 41.8. The summed E-state index contributed by atoms with van der Waals surface area (Å²) in [6.45, 7) is 2.18. The topological polar surface area (TPSA) is 101 Å². The molecule has 5 heterocycles. The summed E-state index contributed by atoms with van der Waals surface area (Å²) in [5.41, 5.74) is 6.03. The molecule has 3 aromatic rings. The van der Waals surface area contributed by atoms with Crippen molar-refractivity contribution in [1.29, 1.82) is 0 Å². The van der Waals surface area contributed by atoms with E-state index in [-0.39, 0.29) is 29.0 Å². The molecule has 1 saturated heterocycles. The zero-order chi connectivity index (χ0) is 21.0. The molecule has 0 bridgehead atoms. The number of fused-ring (bicyclic) bond motifs is 2. The monoisotopic (exact) mass is 417 g/mol. The van der Waals surface area contributed by atoms with E-state index in [0.29, 0.717) is 29.8 Å². The lowest BCUT2D eigenvalue weighted by atomic mass is 10.00. The van der Waals surface area contributed by atoms with Crippen LogP contribution in [0.5, 0.6) is 0 Å². The van der Waals surface area contributed by atoms with Gasteiger partial charge in [0.05, 0.1) is 22.5 Å². The van der Waals surface area contributed by atoms with Crippen molar-refractivity contribution in [2.45, 2.75) is 25.1 Å². The number of carbonyl (C=O) groups excluding carboxylic acids is 1. The number of amides is 1. The predicted molar refractivity (Wildman–Crippen MR) is 102 cm³/mol. The van der Waals surface area contributed by atoms with E-state index in [2.05, 4.69) is 20.4 Å². The van der Waals surface area contributed by atoms with Crippen LogP contribution in [0.4, 0.5) is 19.0 Å². The number of nitrogens with two attached hydrogens (primary N) is 1. The second-order valence-corrected chi connectivity index (χ2v) is 7.46.